The number of hydrogen-bond acceptors (Lipinski definition) is 3. The van der Waals surface area contributed by atoms with Crippen LogP contribution in [0.3, 0.4) is 0 Å². The summed E-state index contributed by atoms with van der Waals surface area (Å²) in [4.78, 5) is 23.8. The maximum absolute atomic E-state index is 12.4. The molecule has 0 heterocycles. The van der Waals surface area contributed by atoms with E-state index in [2.05, 4.69) is 10.6 Å². The Morgan fingerprint density at radius 2 is 1.86 bits per heavy atom. The molecule has 5 heteroatoms. The van der Waals surface area contributed by atoms with Crippen LogP contribution in [-0.2, 0) is 16.1 Å². The number of nitrogens with one attached hydrogen (secondary N) is 2. The molecule has 0 radical (unpaired) electrons. The van der Waals surface area contributed by atoms with Gasteiger partial charge in [0.05, 0.1) is 7.11 Å². The maximum Gasteiger partial charge on any atom is 0.243 e. The van der Waals surface area contributed by atoms with E-state index in [9.17, 15) is 9.59 Å². The molecule has 120 valence electrons. The van der Waals surface area contributed by atoms with Crippen LogP contribution in [0, 0.1) is 5.92 Å². The molecule has 1 aliphatic carbocycles. The minimum Gasteiger partial charge on any atom is -0.497 e. The molecule has 0 saturated heterocycles. The Labute approximate surface area is 131 Å². The van der Waals surface area contributed by atoms with Crippen molar-refractivity contribution in [1.82, 2.24) is 10.6 Å². The monoisotopic (exact) mass is 304 g/mol. The second-order valence-corrected chi connectivity index (χ2v) is 5.79. The van der Waals surface area contributed by atoms with Crippen LogP contribution in [0.1, 0.15) is 38.2 Å². The molecular formula is C17H24N2O3. The molecule has 1 aromatic carbocycles. The lowest BCUT2D eigenvalue weighted by Gasteiger charge is -2.23. The van der Waals surface area contributed by atoms with Crippen LogP contribution >= 0.6 is 0 Å². The molecule has 2 amide bonds. The molecule has 0 bridgehead atoms. The molecule has 5 nitrogen and oxygen atoms in total. The highest BCUT2D eigenvalue weighted by molar-refractivity contribution is 5.87. The predicted molar refractivity (Wildman–Crippen MR) is 84.4 cm³/mol. The Hall–Kier alpha value is -2.04. The quantitative estimate of drug-likeness (QED) is 0.845. The minimum atomic E-state index is -0.418. The Kier molecular flexibility index (Phi) is 5.81. The van der Waals surface area contributed by atoms with Crippen LogP contribution in [-0.4, -0.2) is 25.0 Å². The normalized spacial score (nSPS) is 16.1. The molecule has 2 rings (SSSR count). The largest absolute Gasteiger partial charge is 0.497 e. The molecule has 2 N–H and O–H groups in total. The number of methoxy groups -OCH3 is 1. The fourth-order valence-corrected chi connectivity index (χ4v) is 2.95. The van der Waals surface area contributed by atoms with Gasteiger partial charge in [0.1, 0.15) is 11.8 Å². The van der Waals surface area contributed by atoms with Gasteiger partial charge < -0.3 is 15.4 Å². The van der Waals surface area contributed by atoms with Gasteiger partial charge in [0.25, 0.3) is 0 Å². The molecule has 0 unspecified atom stereocenters. The Bertz CT molecular complexity index is 507. The third kappa shape index (κ3) is 4.48. The van der Waals surface area contributed by atoms with Crippen LogP contribution in [0.2, 0.25) is 0 Å². The van der Waals surface area contributed by atoms with Crippen molar-refractivity contribution in [3.63, 3.8) is 0 Å². The van der Waals surface area contributed by atoms with Gasteiger partial charge in [-0.25, -0.2) is 0 Å². The van der Waals surface area contributed by atoms with Crippen molar-refractivity contribution < 1.29 is 14.3 Å². The van der Waals surface area contributed by atoms with Crippen LogP contribution in [0.25, 0.3) is 0 Å². The standard InChI is InChI=1S/C17H24N2O3/c1-12(20)19-16(14-5-3-4-6-14)17(21)18-11-13-7-9-15(22-2)10-8-13/h7-10,14,16H,3-6,11H2,1-2H3,(H,18,21)(H,19,20)/t16-/m1/s1. The average molecular weight is 304 g/mol. The van der Waals surface area contributed by atoms with Gasteiger partial charge in [-0.15, -0.1) is 0 Å². The van der Waals surface area contributed by atoms with E-state index in [1.165, 1.54) is 6.92 Å². The second kappa shape index (κ2) is 7.82. The summed E-state index contributed by atoms with van der Waals surface area (Å²) in [6.45, 7) is 1.91. The number of carbonyl (C=O) groups excluding carboxylic acids is 2. The molecular weight excluding hydrogens is 280 g/mol. The van der Waals surface area contributed by atoms with Crippen molar-refractivity contribution in [2.45, 2.75) is 45.2 Å². The van der Waals surface area contributed by atoms with Crippen LogP contribution < -0.4 is 15.4 Å². The molecule has 1 aliphatic rings. The first-order valence-electron chi connectivity index (χ1n) is 7.78. The summed E-state index contributed by atoms with van der Waals surface area (Å²) in [5.41, 5.74) is 1.00. The first-order valence-corrected chi connectivity index (χ1v) is 7.78. The van der Waals surface area contributed by atoms with Gasteiger partial charge in [-0.3, -0.25) is 9.59 Å². The summed E-state index contributed by atoms with van der Waals surface area (Å²) >= 11 is 0. The number of hydrogen-bond donors (Lipinski definition) is 2. The first kappa shape index (κ1) is 16.3. The molecule has 1 saturated carbocycles. The molecule has 0 aliphatic heterocycles. The number of rotatable bonds is 6. The summed E-state index contributed by atoms with van der Waals surface area (Å²) in [5, 5.41) is 5.73. The van der Waals surface area contributed by atoms with Gasteiger partial charge in [-0.2, -0.15) is 0 Å². The number of amides is 2. The third-order valence-electron chi connectivity index (χ3n) is 4.14. The van der Waals surface area contributed by atoms with Crippen molar-refractivity contribution in [2.75, 3.05) is 7.11 Å². The first-order chi connectivity index (χ1) is 10.6. The summed E-state index contributed by atoms with van der Waals surface area (Å²) in [6, 6.07) is 7.15. The van der Waals surface area contributed by atoms with Crippen molar-refractivity contribution in [2.24, 2.45) is 5.92 Å². The lowest BCUT2D eigenvalue weighted by atomic mass is 9.97. The topological polar surface area (TPSA) is 67.4 Å². The van der Waals surface area contributed by atoms with Crippen molar-refractivity contribution >= 4 is 11.8 Å². The van der Waals surface area contributed by atoms with Crippen molar-refractivity contribution in [1.29, 1.82) is 0 Å². The Morgan fingerprint density at radius 3 is 2.41 bits per heavy atom. The fraction of sp³-hybridized carbons (Fsp3) is 0.529. The zero-order valence-corrected chi connectivity index (χ0v) is 13.2. The maximum atomic E-state index is 12.4. The zero-order valence-electron chi connectivity index (χ0n) is 13.2. The highest BCUT2D eigenvalue weighted by Crippen LogP contribution is 2.28. The summed E-state index contributed by atoms with van der Waals surface area (Å²) < 4.78 is 5.11. The number of benzene rings is 1. The highest BCUT2D eigenvalue weighted by Gasteiger charge is 2.31. The van der Waals surface area contributed by atoms with Crippen LogP contribution in [0.15, 0.2) is 24.3 Å². The van der Waals surface area contributed by atoms with E-state index in [1.807, 2.05) is 24.3 Å². The molecule has 1 aromatic rings. The molecule has 0 spiro atoms. The van der Waals surface area contributed by atoms with Gasteiger partial charge >= 0.3 is 0 Å². The van der Waals surface area contributed by atoms with Gasteiger partial charge in [0.15, 0.2) is 0 Å². The van der Waals surface area contributed by atoms with E-state index in [0.29, 0.717) is 6.54 Å². The van der Waals surface area contributed by atoms with Gasteiger partial charge in [-0.05, 0) is 36.5 Å². The highest BCUT2D eigenvalue weighted by atomic mass is 16.5. The van der Waals surface area contributed by atoms with E-state index in [4.69, 9.17) is 4.74 Å². The molecule has 1 fully saturated rings. The summed E-state index contributed by atoms with van der Waals surface area (Å²) in [6.07, 6.45) is 4.26. The Morgan fingerprint density at radius 1 is 1.23 bits per heavy atom. The van der Waals surface area contributed by atoms with E-state index in [0.717, 1.165) is 37.0 Å². The minimum absolute atomic E-state index is 0.0991. The van der Waals surface area contributed by atoms with Crippen LogP contribution in [0.4, 0.5) is 0 Å². The fourth-order valence-electron chi connectivity index (χ4n) is 2.95. The lowest BCUT2D eigenvalue weighted by molar-refractivity contribution is -0.129. The third-order valence-corrected chi connectivity index (χ3v) is 4.14. The van der Waals surface area contributed by atoms with Crippen LogP contribution in [0.5, 0.6) is 5.75 Å². The van der Waals surface area contributed by atoms with E-state index in [-0.39, 0.29) is 17.7 Å². The number of ether oxygens (including phenoxy) is 1. The smallest absolute Gasteiger partial charge is 0.243 e. The molecule has 0 aromatic heterocycles. The van der Waals surface area contributed by atoms with E-state index in [1.54, 1.807) is 7.11 Å². The van der Waals surface area contributed by atoms with E-state index < -0.39 is 6.04 Å². The van der Waals surface area contributed by atoms with Crippen molar-refractivity contribution in [3.05, 3.63) is 29.8 Å². The zero-order chi connectivity index (χ0) is 15.9. The Balaban J connectivity index is 1.93. The van der Waals surface area contributed by atoms with Gasteiger partial charge in [0.2, 0.25) is 11.8 Å². The average Bonchev–Trinajstić information content (AvgIpc) is 3.04. The SMILES string of the molecule is COc1ccc(CNC(=O)[C@H](NC(C)=O)C2CCCC2)cc1. The van der Waals surface area contributed by atoms with Gasteiger partial charge in [-0.1, -0.05) is 25.0 Å². The van der Waals surface area contributed by atoms with E-state index >= 15 is 0 Å². The predicted octanol–water partition coefficient (Wildman–Crippen LogP) is 2.01. The lowest BCUT2D eigenvalue weighted by Crippen LogP contribution is -2.49. The van der Waals surface area contributed by atoms with Gasteiger partial charge in [0, 0.05) is 13.5 Å². The molecule has 22 heavy (non-hydrogen) atoms. The summed E-state index contributed by atoms with van der Waals surface area (Å²) in [5.74, 6) is 0.784. The molecule has 1 atom stereocenters. The van der Waals surface area contributed by atoms with Crippen molar-refractivity contribution in [3.8, 4) is 5.75 Å². The number of carbonyl (C=O) groups is 2. The second-order valence-electron chi connectivity index (χ2n) is 5.79. The summed E-state index contributed by atoms with van der Waals surface area (Å²) in [7, 11) is 1.62.